The lowest BCUT2D eigenvalue weighted by atomic mass is 9.94. The molecule has 0 saturated carbocycles. The number of hydrogen-bond acceptors (Lipinski definition) is 3. The molecule has 0 amide bonds. The van der Waals surface area contributed by atoms with Gasteiger partial charge in [0.2, 0.25) is 5.95 Å². The SMILES string of the molecule is c1ccc(-c2cc(-c3ccccc3)cc(-n3c4cccc5ccc6c(-c7ccc8c(c7)c7ccccc7n8-c7nc(-c8ccccc8)nc(-c8ccccc8)n7)ccc3c6c54)c2)cc1. The Balaban J connectivity index is 1.01. The number of nitrogens with zero attached hydrogens (tertiary/aromatic N) is 5. The van der Waals surface area contributed by atoms with Crippen LogP contribution < -0.4 is 0 Å². The van der Waals surface area contributed by atoms with Crippen LogP contribution in [0.4, 0.5) is 0 Å². The van der Waals surface area contributed by atoms with Crippen molar-refractivity contribution in [3.63, 3.8) is 0 Å². The van der Waals surface area contributed by atoms with Gasteiger partial charge in [0.1, 0.15) is 0 Å². The second-order valence-electron chi connectivity index (χ2n) is 16.4. The summed E-state index contributed by atoms with van der Waals surface area (Å²) >= 11 is 0. The van der Waals surface area contributed by atoms with E-state index in [0.29, 0.717) is 17.6 Å². The Morgan fingerprint density at radius 2 is 0.828 bits per heavy atom. The molecule has 0 unspecified atom stereocenters. The molecule has 0 atom stereocenters. The maximum atomic E-state index is 5.15. The summed E-state index contributed by atoms with van der Waals surface area (Å²) in [6.45, 7) is 0. The van der Waals surface area contributed by atoms with Crippen LogP contribution in [0.1, 0.15) is 0 Å². The summed E-state index contributed by atoms with van der Waals surface area (Å²) in [7, 11) is 0. The first-order valence-electron chi connectivity index (χ1n) is 21.7. The first kappa shape index (κ1) is 36.0. The lowest BCUT2D eigenvalue weighted by Gasteiger charge is -2.14. The molecule has 3 heterocycles. The Bertz CT molecular complexity index is 3760. The molecule has 0 aliphatic carbocycles. The van der Waals surface area contributed by atoms with Crippen molar-refractivity contribution in [2.45, 2.75) is 0 Å². The minimum atomic E-state index is 0.582. The van der Waals surface area contributed by atoms with Crippen molar-refractivity contribution >= 4 is 54.4 Å². The monoisotopic (exact) mass is 815 g/mol. The first-order chi connectivity index (χ1) is 31.7. The van der Waals surface area contributed by atoms with Crippen LogP contribution in [0.15, 0.2) is 224 Å². The number of para-hydroxylation sites is 1. The van der Waals surface area contributed by atoms with Gasteiger partial charge in [0.15, 0.2) is 11.6 Å². The van der Waals surface area contributed by atoms with Crippen molar-refractivity contribution in [3.8, 4) is 67.8 Å². The second-order valence-corrected chi connectivity index (χ2v) is 16.4. The van der Waals surface area contributed by atoms with Crippen LogP contribution >= 0.6 is 0 Å². The molecule has 5 heteroatoms. The summed E-state index contributed by atoms with van der Waals surface area (Å²) in [5.41, 5.74) is 14.6. The van der Waals surface area contributed by atoms with Gasteiger partial charge in [0.05, 0.1) is 22.1 Å². The van der Waals surface area contributed by atoms with E-state index in [-0.39, 0.29) is 0 Å². The standard InChI is InChI=1S/C59H37N5/c1-5-16-38(17-6-1)44-34-45(39-18-7-2-8-19-39)36-46(35-44)63-53-27-15-24-40-28-30-49-47(31-33-54(63)56(49)55(40)53)43-29-32-52-50(37-43)48-25-13-14-26-51(48)64(52)59-61-57(41-20-9-3-10-21-41)60-58(62-59)42-22-11-4-12-23-42/h1-37H. The third kappa shape index (κ3) is 5.75. The van der Waals surface area contributed by atoms with Crippen LogP contribution in [-0.4, -0.2) is 24.1 Å². The molecule has 0 bridgehead atoms. The fourth-order valence-electron chi connectivity index (χ4n) is 9.81. The highest BCUT2D eigenvalue weighted by atomic mass is 15.2. The first-order valence-corrected chi connectivity index (χ1v) is 21.7. The number of aromatic nitrogens is 5. The van der Waals surface area contributed by atoms with Crippen LogP contribution in [0.3, 0.4) is 0 Å². The van der Waals surface area contributed by atoms with Crippen LogP contribution in [0, 0.1) is 0 Å². The highest BCUT2D eigenvalue weighted by Crippen LogP contribution is 2.44. The van der Waals surface area contributed by atoms with Gasteiger partial charge in [0.25, 0.3) is 0 Å². The zero-order valence-electron chi connectivity index (χ0n) is 34.6. The van der Waals surface area contributed by atoms with Crippen LogP contribution in [0.25, 0.3) is 122 Å². The van der Waals surface area contributed by atoms with E-state index in [9.17, 15) is 0 Å². The minimum absolute atomic E-state index is 0.582. The molecule has 298 valence electrons. The lowest BCUT2D eigenvalue weighted by molar-refractivity contribution is 0.953. The van der Waals surface area contributed by atoms with E-state index in [2.05, 4.69) is 173 Å². The van der Waals surface area contributed by atoms with Gasteiger partial charge in [-0.05, 0) is 92.7 Å². The predicted octanol–water partition coefficient (Wildman–Crippen LogP) is 15.0. The normalized spacial score (nSPS) is 11.8. The summed E-state index contributed by atoms with van der Waals surface area (Å²) < 4.78 is 4.65. The Hall–Kier alpha value is -8.67. The van der Waals surface area contributed by atoms with Crippen molar-refractivity contribution < 1.29 is 0 Å². The van der Waals surface area contributed by atoms with Crippen molar-refractivity contribution in [1.29, 1.82) is 0 Å². The Kier molecular flexibility index (Phi) is 8.15. The topological polar surface area (TPSA) is 48.5 Å². The Labute approximate surface area is 369 Å². The molecule has 64 heavy (non-hydrogen) atoms. The molecule has 10 aromatic carbocycles. The van der Waals surface area contributed by atoms with Gasteiger partial charge in [0, 0.05) is 38.4 Å². The van der Waals surface area contributed by atoms with Crippen LogP contribution in [0.2, 0.25) is 0 Å². The average Bonchev–Trinajstić information content (AvgIpc) is 3.90. The summed E-state index contributed by atoms with van der Waals surface area (Å²) in [4.78, 5) is 15.3. The second kappa shape index (κ2) is 14.5. The van der Waals surface area contributed by atoms with E-state index in [1.54, 1.807) is 0 Å². The molecule has 0 fully saturated rings. The quantitative estimate of drug-likeness (QED) is 0.151. The summed E-state index contributed by atoms with van der Waals surface area (Å²) in [5.74, 6) is 1.85. The maximum absolute atomic E-state index is 5.15. The summed E-state index contributed by atoms with van der Waals surface area (Å²) in [6, 6.07) is 80.0. The average molecular weight is 816 g/mol. The van der Waals surface area contributed by atoms with Crippen molar-refractivity contribution in [1.82, 2.24) is 24.1 Å². The van der Waals surface area contributed by atoms with Gasteiger partial charge in [-0.2, -0.15) is 9.97 Å². The predicted molar refractivity (Wildman–Crippen MR) is 264 cm³/mol. The molecule has 3 aromatic heterocycles. The molecule has 13 rings (SSSR count). The van der Waals surface area contributed by atoms with Gasteiger partial charge in [-0.15, -0.1) is 0 Å². The zero-order chi connectivity index (χ0) is 42.1. The number of rotatable bonds is 7. The van der Waals surface area contributed by atoms with Gasteiger partial charge in [-0.3, -0.25) is 4.57 Å². The smallest absolute Gasteiger partial charge is 0.238 e. The third-order valence-electron chi connectivity index (χ3n) is 12.7. The van der Waals surface area contributed by atoms with Gasteiger partial charge >= 0.3 is 0 Å². The van der Waals surface area contributed by atoms with Gasteiger partial charge in [-0.25, -0.2) is 4.98 Å². The molecule has 0 spiro atoms. The minimum Gasteiger partial charge on any atom is -0.309 e. The van der Waals surface area contributed by atoms with E-state index in [0.717, 1.165) is 44.2 Å². The zero-order valence-corrected chi connectivity index (χ0v) is 34.6. The number of hydrogen-bond donors (Lipinski definition) is 0. The molecule has 13 aromatic rings. The molecule has 0 radical (unpaired) electrons. The molecular weight excluding hydrogens is 779 g/mol. The summed E-state index contributed by atoms with van der Waals surface area (Å²) in [6.07, 6.45) is 0. The fourth-order valence-corrected chi connectivity index (χ4v) is 9.81. The van der Waals surface area contributed by atoms with Gasteiger partial charge in [-0.1, -0.05) is 176 Å². The Morgan fingerprint density at radius 3 is 1.48 bits per heavy atom. The molecule has 0 aliphatic heterocycles. The fraction of sp³-hybridized carbons (Fsp3) is 0. The van der Waals surface area contributed by atoms with E-state index < -0.39 is 0 Å². The molecule has 0 saturated heterocycles. The van der Waals surface area contributed by atoms with Gasteiger partial charge < -0.3 is 4.57 Å². The maximum Gasteiger partial charge on any atom is 0.238 e. The van der Waals surface area contributed by atoms with E-state index in [1.165, 1.54) is 60.4 Å². The van der Waals surface area contributed by atoms with E-state index in [4.69, 9.17) is 15.0 Å². The lowest BCUT2D eigenvalue weighted by Crippen LogP contribution is -2.06. The summed E-state index contributed by atoms with van der Waals surface area (Å²) in [5, 5.41) is 7.28. The number of benzene rings is 10. The van der Waals surface area contributed by atoms with Crippen molar-refractivity contribution in [2.24, 2.45) is 0 Å². The highest BCUT2D eigenvalue weighted by Gasteiger charge is 2.22. The van der Waals surface area contributed by atoms with Crippen molar-refractivity contribution in [2.75, 3.05) is 0 Å². The third-order valence-corrected chi connectivity index (χ3v) is 12.7. The highest BCUT2D eigenvalue weighted by molar-refractivity contribution is 6.27. The molecule has 0 aliphatic rings. The van der Waals surface area contributed by atoms with Crippen LogP contribution in [0.5, 0.6) is 0 Å². The Morgan fingerprint density at radius 1 is 0.281 bits per heavy atom. The largest absolute Gasteiger partial charge is 0.309 e. The van der Waals surface area contributed by atoms with Crippen LogP contribution in [-0.2, 0) is 0 Å². The molecule has 5 nitrogen and oxygen atoms in total. The van der Waals surface area contributed by atoms with E-state index >= 15 is 0 Å². The molecular formula is C59H37N5. The number of fused-ring (bicyclic) bond motifs is 3. The van der Waals surface area contributed by atoms with Crippen molar-refractivity contribution in [3.05, 3.63) is 224 Å². The van der Waals surface area contributed by atoms with E-state index in [1.807, 2.05) is 60.7 Å². The molecule has 0 N–H and O–H groups in total.